The Balaban J connectivity index is 1.98. The average molecular weight is 268 g/mol. The van der Waals surface area contributed by atoms with Gasteiger partial charge in [0.1, 0.15) is 17.4 Å². The predicted octanol–water partition coefficient (Wildman–Crippen LogP) is 2.79. The van der Waals surface area contributed by atoms with E-state index in [-0.39, 0.29) is 5.75 Å². The van der Waals surface area contributed by atoms with Crippen LogP contribution in [0.4, 0.5) is 5.82 Å². The first-order valence-electron chi connectivity index (χ1n) is 6.53. The Hall–Kier alpha value is -2.56. The fourth-order valence-corrected chi connectivity index (χ4v) is 2.05. The summed E-state index contributed by atoms with van der Waals surface area (Å²) < 4.78 is 0. The Kier molecular flexibility index (Phi) is 3.02. The molecule has 2 aromatic heterocycles. The van der Waals surface area contributed by atoms with Gasteiger partial charge in [0.2, 0.25) is 0 Å². The molecular weight excluding hydrogens is 252 g/mol. The number of aromatic nitrogens is 3. The van der Waals surface area contributed by atoms with Crippen LogP contribution in [0, 0.1) is 0 Å². The highest BCUT2D eigenvalue weighted by molar-refractivity contribution is 5.80. The fourth-order valence-electron chi connectivity index (χ4n) is 2.05. The number of anilines is 1. The summed E-state index contributed by atoms with van der Waals surface area (Å²) in [7, 11) is 2.01. The lowest BCUT2D eigenvalue weighted by atomic mass is 10.2. The van der Waals surface area contributed by atoms with E-state index in [0.717, 1.165) is 34.8 Å². The van der Waals surface area contributed by atoms with Crippen molar-refractivity contribution in [3.63, 3.8) is 0 Å². The zero-order valence-corrected chi connectivity index (χ0v) is 11.5. The van der Waals surface area contributed by atoms with Crippen molar-refractivity contribution in [2.45, 2.75) is 6.92 Å². The minimum Gasteiger partial charge on any atom is -0.508 e. The van der Waals surface area contributed by atoms with Gasteiger partial charge in [-0.3, -0.25) is 0 Å². The standard InChI is InChI=1S/C15H16N4O/c1-3-19(2)14-7-4-10(9-16-14)15-17-12-6-5-11(20)8-13(12)18-15/h4-9,20H,3H2,1-2H3,(H,17,18). The number of benzene rings is 1. The van der Waals surface area contributed by atoms with Gasteiger partial charge < -0.3 is 15.0 Å². The van der Waals surface area contributed by atoms with Gasteiger partial charge in [-0.25, -0.2) is 9.97 Å². The monoisotopic (exact) mass is 268 g/mol. The van der Waals surface area contributed by atoms with Crippen LogP contribution in [0.2, 0.25) is 0 Å². The molecule has 0 spiro atoms. The van der Waals surface area contributed by atoms with Crippen molar-refractivity contribution in [1.82, 2.24) is 15.0 Å². The molecule has 0 radical (unpaired) electrons. The summed E-state index contributed by atoms with van der Waals surface area (Å²) in [6.45, 7) is 3.00. The number of imidazole rings is 1. The number of fused-ring (bicyclic) bond motifs is 1. The van der Waals surface area contributed by atoms with Crippen molar-refractivity contribution in [1.29, 1.82) is 0 Å². The number of phenols is 1. The molecule has 0 saturated carbocycles. The summed E-state index contributed by atoms with van der Waals surface area (Å²) >= 11 is 0. The zero-order valence-electron chi connectivity index (χ0n) is 11.5. The van der Waals surface area contributed by atoms with E-state index in [4.69, 9.17) is 0 Å². The Morgan fingerprint density at radius 3 is 2.80 bits per heavy atom. The maximum absolute atomic E-state index is 9.47. The smallest absolute Gasteiger partial charge is 0.140 e. The summed E-state index contributed by atoms with van der Waals surface area (Å²) in [4.78, 5) is 14.2. The summed E-state index contributed by atoms with van der Waals surface area (Å²) in [5.74, 6) is 1.92. The van der Waals surface area contributed by atoms with E-state index in [1.54, 1.807) is 24.4 Å². The first-order chi connectivity index (χ1) is 9.67. The first kappa shape index (κ1) is 12.5. The number of rotatable bonds is 3. The molecule has 0 atom stereocenters. The van der Waals surface area contributed by atoms with Gasteiger partial charge >= 0.3 is 0 Å². The van der Waals surface area contributed by atoms with Gasteiger partial charge in [0.25, 0.3) is 0 Å². The molecule has 0 aliphatic heterocycles. The van der Waals surface area contributed by atoms with E-state index in [2.05, 4.69) is 26.8 Å². The molecule has 102 valence electrons. The van der Waals surface area contributed by atoms with E-state index in [9.17, 15) is 5.11 Å². The van der Waals surface area contributed by atoms with Crippen molar-refractivity contribution in [2.24, 2.45) is 0 Å². The van der Waals surface area contributed by atoms with Crippen molar-refractivity contribution < 1.29 is 5.11 Å². The molecule has 0 unspecified atom stereocenters. The molecule has 20 heavy (non-hydrogen) atoms. The number of nitrogens with zero attached hydrogens (tertiary/aromatic N) is 3. The highest BCUT2D eigenvalue weighted by Crippen LogP contribution is 2.23. The number of nitrogens with one attached hydrogen (secondary N) is 1. The Labute approximate surface area is 116 Å². The van der Waals surface area contributed by atoms with Crippen molar-refractivity contribution >= 4 is 16.9 Å². The Morgan fingerprint density at radius 1 is 1.25 bits per heavy atom. The topological polar surface area (TPSA) is 65.0 Å². The zero-order chi connectivity index (χ0) is 14.1. The van der Waals surface area contributed by atoms with Crippen LogP contribution in [0.15, 0.2) is 36.5 Å². The van der Waals surface area contributed by atoms with Crippen molar-refractivity contribution in [2.75, 3.05) is 18.5 Å². The van der Waals surface area contributed by atoms with Crippen LogP contribution < -0.4 is 4.90 Å². The van der Waals surface area contributed by atoms with Crippen LogP contribution in [-0.2, 0) is 0 Å². The number of aromatic hydroxyl groups is 1. The Morgan fingerprint density at radius 2 is 2.10 bits per heavy atom. The fraction of sp³-hybridized carbons (Fsp3) is 0.200. The van der Waals surface area contributed by atoms with Crippen LogP contribution in [0.3, 0.4) is 0 Å². The predicted molar refractivity (Wildman–Crippen MR) is 79.9 cm³/mol. The third-order valence-electron chi connectivity index (χ3n) is 3.35. The second-order valence-corrected chi connectivity index (χ2v) is 4.71. The first-order valence-corrected chi connectivity index (χ1v) is 6.53. The molecule has 3 aromatic rings. The number of hydrogen-bond donors (Lipinski definition) is 2. The van der Waals surface area contributed by atoms with Crippen molar-refractivity contribution in [3.8, 4) is 17.1 Å². The highest BCUT2D eigenvalue weighted by Gasteiger charge is 2.07. The van der Waals surface area contributed by atoms with Gasteiger partial charge in [0.15, 0.2) is 0 Å². The molecule has 0 fully saturated rings. The van der Waals surface area contributed by atoms with Crippen LogP contribution in [0.1, 0.15) is 6.92 Å². The lowest BCUT2D eigenvalue weighted by Gasteiger charge is -2.14. The van der Waals surface area contributed by atoms with Gasteiger partial charge in [-0.2, -0.15) is 0 Å². The summed E-state index contributed by atoms with van der Waals surface area (Å²) in [5, 5.41) is 9.47. The molecule has 0 amide bonds. The lowest BCUT2D eigenvalue weighted by Crippen LogP contribution is -2.16. The summed E-state index contributed by atoms with van der Waals surface area (Å²) in [5.41, 5.74) is 2.57. The molecular formula is C15H16N4O. The lowest BCUT2D eigenvalue weighted by molar-refractivity contribution is 0.476. The maximum Gasteiger partial charge on any atom is 0.140 e. The highest BCUT2D eigenvalue weighted by atomic mass is 16.3. The molecule has 2 N–H and O–H groups in total. The normalized spacial score (nSPS) is 10.9. The van der Waals surface area contributed by atoms with Crippen LogP contribution in [0.25, 0.3) is 22.4 Å². The molecule has 5 nitrogen and oxygen atoms in total. The van der Waals surface area contributed by atoms with Crippen LogP contribution in [-0.4, -0.2) is 33.7 Å². The van der Waals surface area contributed by atoms with Crippen LogP contribution in [0.5, 0.6) is 5.75 Å². The van der Waals surface area contributed by atoms with Gasteiger partial charge in [0.05, 0.1) is 11.0 Å². The van der Waals surface area contributed by atoms with E-state index in [1.165, 1.54) is 0 Å². The molecule has 2 heterocycles. The largest absolute Gasteiger partial charge is 0.508 e. The molecule has 5 heteroatoms. The van der Waals surface area contributed by atoms with Gasteiger partial charge in [-0.05, 0) is 31.2 Å². The molecule has 1 aromatic carbocycles. The van der Waals surface area contributed by atoms with E-state index in [1.807, 2.05) is 19.2 Å². The minimum absolute atomic E-state index is 0.228. The van der Waals surface area contributed by atoms with Crippen molar-refractivity contribution in [3.05, 3.63) is 36.5 Å². The van der Waals surface area contributed by atoms with Crippen LogP contribution >= 0.6 is 0 Å². The number of H-pyrrole nitrogens is 1. The summed E-state index contributed by atoms with van der Waals surface area (Å²) in [6.07, 6.45) is 1.80. The van der Waals surface area contributed by atoms with E-state index in [0.29, 0.717) is 0 Å². The molecule has 0 aliphatic carbocycles. The quantitative estimate of drug-likeness (QED) is 0.766. The number of phenolic OH excluding ortho intramolecular Hbond substituents is 1. The molecule has 0 aliphatic rings. The minimum atomic E-state index is 0.228. The van der Waals surface area contributed by atoms with Gasteiger partial charge in [-0.1, -0.05) is 0 Å². The average Bonchev–Trinajstić information content (AvgIpc) is 2.89. The SMILES string of the molecule is CCN(C)c1ccc(-c2nc3ccc(O)cc3[nH]2)cn1. The van der Waals surface area contributed by atoms with E-state index < -0.39 is 0 Å². The Bertz CT molecular complexity index is 733. The second kappa shape index (κ2) is 4.85. The number of aromatic amines is 1. The summed E-state index contributed by atoms with van der Waals surface area (Å²) in [6, 6.07) is 9.05. The van der Waals surface area contributed by atoms with Gasteiger partial charge in [-0.15, -0.1) is 0 Å². The number of hydrogen-bond acceptors (Lipinski definition) is 4. The molecule has 0 saturated heterocycles. The second-order valence-electron chi connectivity index (χ2n) is 4.71. The van der Waals surface area contributed by atoms with E-state index >= 15 is 0 Å². The molecule has 0 bridgehead atoms. The molecule has 3 rings (SSSR count). The third kappa shape index (κ3) is 2.18. The number of pyridine rings is 1. The van der Waals surface area contributed by atoms with Gasteiger partial charge in [0, 0.05) is 31.4 Å². The third-order valence-corrected chi connectivity index (χ3v) is 3.35. The maximum atomic E-state index is 9.47.